The number of hydrogen-bond acceptors (Lipinski definition) is 5. The van der Waals surface area contributed by atoms with Crippen molar-refractivity contribution in [2.24, 2.45) is 5.73 Å². The Morgan fingerprint density at radius 2 is 2.22 bits per heavy atom. The summed E-state index contributed by atoms with van der Waals surface area (Å²) in [6, 6.07) is 2.96. The van der Waals surface area contributed by atoms with Crippen molar-refractivity contribution < 1.29 is 13.9 Å². The highest BCUT2D eigenvalue weighted by Crippen LogP contribution is 2.39. The van der Waals surface area contributed by atoms with Gasteiger partial charge in [0.05, 0.1) is 18.1 Å². The third-order valence-electron chi connectivity index (χ3n) is 3.72. The number of benzene rings is 1. The summed E-state index contributed by atoms with van der Waals surface area (Å²) in [7, 11) is 3.28. The van der Waals surface area contributed by atoms with Crippen LogP contribution < -0.4 is 10.5 Å². The van der Waals surface area contributed by atoms with E-state index in [-0.39, 0.29) is 23.5 Å². The lowest BCUT2D eigenvalue weighted by molar-refractivity contribution is 0.0821. The highest BCUT2D eigenvalue weighted by Gasteiger charge is 2.28. The van der Waals surface area contributed by atoms with E-state index in [1.807, 2.05) is 0 Å². The van der Waals surface area contributed by atoms with E-state index in [2.05, 4.69) is 9.97 Å². The molecule has 0 saturated carbocycles. The fourth-order valence-corrected chi connectivity index (χ4v) is 2.53. The molecule has 6 nitrogen and oxygen atoms in total. The van der Waals surface area contributed by atoms with Gasteiger partial charge in [0.1, 0.15) is 23.4 Å². The maximum atomic E-state index is 14.0. The van der Waals surface area contributed by atoms with E-state index in [1.54, 1.807) is 20.2 Å². The van der Waals surface area contributed by atoms with E-state index in [4.69, 9.17) is 10.5 Å². The molecule has 0 radical (unpaired) electrons. The van der Waals surface area contributed by atoms with Gasteiger partial charge in [0.25, 0.3) is 5.91 Å². The van der Waals surface area contributed by atoms with Crippen LogP contribution in [0.1, 0.15) is 16.1 Å². The van der Waals surface area contributed by atoms with E-state index < -0.39 is 0 Å². The van der Waals surface area contributed by atoms with E-state index in [0.717, 1.165) is 0 Å². The normalized spacial score (nSPS) is 15.9. The van der Waals surface area contributed by atoms with E-state index in [1.165, 1.54) is 23.4 Å². The number of halogens is 1. The molecule has 3 rings (SSSR count). The summed E-state index contributed by atoms with van der Waals surface area (Å²) in [5, 5.41) is 0. The number of fused-ring (bicyclic) bond motifs is 1. The summed E-state index contributed by atoms with van der Waals surface area (Å²) >= 11 is 0. The molecule has 1 atom stereocenters. The lowest BCUT2D eigenvalue weighted by Crippen LogP contribution is -2.24. The van der Waals surface area contributed by atoms with Crippen LogP contribution in [0.3, 0.4) is 0 Å². The second kappa shape index (κ2) is 5.92. The number of nitrogens with two attached hydrogens (primary N) is 1. The van der Waals surface area contributed by atoms with Gasteiger partial charge in [-0.25, -0.2) is 9.37 Å². The molecule has 0 bridgehead atoms. The Labute approximate surface area is 133 Å². The molecule has 7 heteroatoms. The fraction of sp³-hybridized carbons (Fsp3) is 0.312. The van der Waals surface area contributed by atoms with Crippen LogP contribution in [0, 0.1) is 5.82 Å². The highest BCUT2D eigenvalue weighted by molar-refractivity contribution is 5.92. The smallest absolute Gasteiger partial charge is 0.273 e. The molecule has 120 valence electrons. The van der Waals surface area contributed by atoms with Gasteiger partial charge in [-0.3, -0.25) is 9.78 Å². The van der Waals surface area contributed by atoms with Crippen molar-refractivity contribution in [2.75, 3.05) is 20.6 Å². The van der Waals surface area contributed by atoms with Crippen molar-refractivity contribution in [3.8, 4) is 17.0 Å². The molecule has 2 aromatic rings. The molecule has 1 aliphatic heterocycles. The summed E-state index contributed by atoms with van der Waals surface area (Å²) in [5.74, 6) is -0.142. The van der Waals surface area contributed by atoms with Gasteiger partial charge in [-0.2, -0.15) is 0 Å². The lowest BCUT2D eigenvalue weighted by Gasteiger charge is -2.12. The molecule has 1 aliphatic rings. The Balaban J connectivity index is 2.06. The Kier molecular flexibility index (Phi) is 3.96. The van der Waals surface area contributed by atoms with Crippen molar-refractivity contribution in [3.05, 3.63) is 41.6 Å². The number of ether oxygens (including phenoxy) is 1. The number of carbonyl (C=O) groups is 1. The van der Waals surface area contributed by atoms with Crippen LogP contribution in [-0.4, -0.2) is 47.5 Å². The zero-order chi connectivity index (χ0) is 16.6. The van der Waals surface area contributed by atoms with Crippen molar-refractivity contribution in [3.63, 3.8) is 0 Å². The first-order valence-corrected chi connectivity index (χ1v) is 7.23. The minimum atomic E-state index is -0.326. The van der Waals surface area contributed by atoms with Crippen molar-refractivity contribution >= 4 is 5.91 Å². The highest BCUT2D eigenvalue weighted by atomic mass is 19.1. The van der Waals surface area contributed by atoms with Crippen LogP contribution in [0.25, 0.3) is 11.3 Å². The summed E-state index contributed by atoms with van der Waals surface area (Å²) in [6.45, 7) is 0.304. The van der Waals surface area contributed by atoms with Crippen LogP contribution in [0.15, 0.2) is 24.5 Å². The molecule has 2 heterocycles. The van der Waals surface area contributed by atoms with E-state index in [9.17, 15) is 9.18 Å². The minimum absolute atomic E-state index is 0.221. The van der Waals surface area contributed by atoms with Gasteiger partial charge in [0.15, 0.2) is 0 Å². The zero-order valence-corrected chi connectivity index (χ0v) is 12.9. The molecule has 1 aromatic carbocycles. The molecule has 1 aromatic heterocycles. The average Bonchev–Trinajstić information content (AvgIpc) is 2.99. The molecule has 2 N–H and O–H groups in total. The number of rotatable bonds is 3. The standard InChI is InChI=1S/C16H17FN4O2/c1-21(2)16(22)14-8-19-7-13(20-14)10-3-4-12(17)11-5-9(6-18)23-15(10)11/h3-4,7-9H,5-6,18H2,1-2H3/t9-/m1/s1. The first-order chi connectivity index (χ1) is 11.0. The summed E-state index contributed by atoms with van der Waals surface area (Å²) in [4.78, 5) is 21.9. The number of hydrogen-bond donors (Lipinski definition) is 1. The van der Waals surface area contributed by atoms with Gasteiger partial charge in [-0.05, 0) is 12.1 Å². The molecular weight excluding hydrogens is 299 g/mol. The molecule has 0 spiro atoms. The number of aromatic nitrogens is 2. The second-order valence-electron chi connectivity index (χ2n) is 5.57. The molecular formula is C16H17FN4O2. The molecule has 23 heavy (non-hydrogen) atoms. The predicted octanol–water partition coefficient (Wildman–Crippen LogP) is 1.25. The average molecular weight is 316 g/mol. The molecule has 0 saturated heterocycles. The van der Waals surface area contributed by atoms with Gasteiger partial charge in [-0.15, -0.1) is 0 Å². The Morgan fingerprint density at radius 3 is 2.91 bits per heavy atom. The number of carbonyl (C=O) groups excluding carboxylic acids is 1. The van der Waals surface area contributed by atoms with E-state index in [0.29, 0.717) is 35.5 Å². The van der Waals surface area contributed by atoms with Crippen LogP contribution in [0.4, 0.5) is 4.39 Å². The van der Waals surface area contributed by atoms with Gasteiger partial charge in [-0.1, -0.05) is 0 Å². The first kappa shape index (κ1) is 15.4. The van der Waals surface area contributed by atoms with Gasteiger partial charge < -0.3 is 15.4 Å². The van der Waals surface area contributed by atoms with Gasteiger partial charge in [0.2, 0.25) is 0 Å². The number of amides is 1. The third kappa shape index (κ3) is 2.75. The first-order valence-electron chi connectivity index (χ1n) is 7.23. The lowest BCUT2D eigenvalue weighted by atomic mass is 10.0. The van der Waals surface area contributed by atoms with E-state index >= 15 is 0 Å². The Morgan fingerprint density at radius 1 is 1.43 bits per heavy atom. The fourth-order valence-electron chi connectivity index (χ4n) is 2.53. The maximum Gasteiger partial charge on any atom is 0.273 e. The summed E-state index contributed by atoms with van der Waals surface area (Å²) in [5.41, 5.74) is 7.41. The van der Waals surface area contributed by atoms with Crippen molar-refractivity contribution in [2.45, 2.75) is 12.5 Å². The van der Waals surface area contributed by atoms with Gasteiger partial charge >= 0.3 is 0 Å². The molecule has 0 aliphatic carbocycles. The molecule has 0 unspecified atom stereocenters. The maximum absolute atomic E-state index is 14.0. The summed E-state index contributed by atoms with van der Waals surface area (Å²) < 4.78 is 19.7. The quantitative estimate of drug-likeness (QED) is 0.921. The van der Waals surface area contributed by atoms with Crippen LogP contribution in [0.5, 0.6) is 5.75 Å². The van der Waals surface area contributed by atoms with Crippen molar-refractivity contribution in [1.29, 1.82) is 0 Å². The zero-order valence-electron chi connectivity index (χ0n) is 12.9. The van der Waals surface area contributed by atoms with Crippen molar-refractivity contribution in [1.82, 2.24) is 14.9 Å². The number of nitrogens with zero attached hydrogens (tertiary/aromatic N) is 3. The van der Waals surface area contributed by atoms with Crippen LogP contribution in [0.2, 0.25) is 0 Å². The third-order valence-corrected chi connectivity index (χ3v) is 3.72. The largest absolute Gasteiger partial charge is 0.488 e. The monoisotopic (exact) mass is 316 g/mol. The Bertz CT molecular complexity index is 764. The SMILES string of the molecule is CN(C)C(=O)c1cncc(-c2ccc(F)c3c2O[C@@H](CN)C3)n1. The molecule has 1 amide bonds. The van der Waals surface area contributed by atoms with Crippen LogP contribution >= 0.6 is 0 Å². The predicted molar refractivity (Wildman–Crippen MR) is 82.6 cm³/mol. The topological polar surface area (TPSA) is 81.3 Å². The summed E-state index contributed by atoms with van der Waals surface area (Å²) in [6.07, 6.45) is 3.10. The van der Waals surface area contributed by atoms with Crippen LogP contribution in [-0.2, 0) is 6.42 Å². The Hall–Kier alpha value is -2.54. The molecule has 0 fully saturated rings. The minimum Gasteiger partial charge on any atom is -0.488 e. The second-order valence-corrected chi connectivity index (χ2v) is 5.57. The van der Waals surface area contributed by atoms with Gasteiger partial charge in [0, 0.05) is 38.2 Å².